The van der Waals surface area contributed by atoms with Gasteiger partial charge in [0, 0.05) is 11.8 Å². The zero-order valence-corrected chi connectivity index (χ0v) is 7.61. The summed E-state index contributed by atoms with van der Waals surface area (Å²) in [5.41, 5.74) is -1.11. The van der Waals surface area contributed by atoms with E-state index in [2.05, 4.69) is 6.58 Å². The summed E-state index contributed by atoms with van der Waals surface area (Å²) in [7, 11) is 0. The number of halogens is 2. The lowest BCUT2D eigenvalue weighted by Crippen LogP contribution is -2.26. The SMILES string of the molecule is C=C(O)CC(C)(CCC)C(F)F. The Morgan fingerprint density at radius 2 is 2.08 bits per heavy atom. The second-order valence-electron chi connectivity index (χ2n) is 3.45. The fourth-order valence-electron chi connectivity index (χ4n) is 1.31. The Morgan fingerprint density at radius 1 is 1.58 bits per heavy atom. The number of allylic oxidation sites excluding steroid dienone is 1. The summed E-state index contributed by atoms with van der Waals surface area (Å²) in [5, 5.41) is 8.84. The number of hydrogen-bond donors (Lipinski definition) is 1. The van der Waals surface area contributed by atoms with E-state index < -0.39 is 11.8 Å². The lowest BCUT2D eigenvalue weighted by molar-refractivity contribution is -0.00515. The van der Waals surface area contributed by atoms with Crippen LogP contribution in [0.1, 0.15) is 33.1 Å². The maximum absolute atomic E-state index is 12.5. The standard InChI is InChI=1S/C9H16F2O/c1-4-5-9(3,8(10)11)6-7(2)12/h8,12H,2,4-6H2,1,3H3. The van der Waals surface area contributed by atoms with Crippen LogP contribution < -0.4 is 0 Å². The Balaban J connectivity index is 4.28. The predicted octanol–water partition coefficient (Wildman–Crippen LogP) is 3.52. The van der Waals surface area contributed by atoms with Crippen LogP contribution in [0.2, 0.25) is 0 Å². The van der Waals surface area contributed by atoms with Gasteiger partial charge in [0.25, 0.3) is 0 Å². The monoisotopic (exact) mass is 178 g/mol. The van der Waals surface area contributed by atoms with Crippen LogP contribution in [0.5, 0.6) is 0 Å². The number of hydrogen-bond acceptors (Lipinski definition) is 1. The Labute approximate surface area is 72.1 Å². The van der Waals surface area contributed by atoms with Gasteiger partial charge in [-0.15, -0.1) is 0 Å². The van der Waals surface area contributed by atoms with Crippen molar-refractivity contribution in [3.8, 4) is 0 Å². The molecule has 0 aromatic heterocycles. The molecular weight excluding hydrogens is 162 g/mol. The van der Waals surface area contributed by atoms with Gasteiger partial charge in [0.05, 0.1) is 5.76 Å². The molecule has 1 N–H and O–H groups in total. The summed E-state index contributed by atoms with van der Waals surface area (Å²) in [4.78, 5) is 0. The van der Waals surface area contributed by atoms with Crippen molar-refractivity contribution < 1.29 is 13.9 Å². The van der Waals surface area contributed by atoms with Gasteiger partial charge >= 0.3 is 0 Å². The van der Waals surface area contributed by atoms with Crippen molar-refractivity contribution in [1.29, 1.82) is 0 Å². The van der Waals surface area contributed by atoms with Crippen LogP contribution in [-0.2, 0) is 0 Å². The molecule has 0 aromatic carbocycles. The third kappa shape index (κ3) is 3.20. The molecule has 0 amide bonds. The highest BCUT2D eigenvalue weighted by Gasteiger charge is 2.34. The van der Waals surface area contributed by atoms with Crippen molar-refractivity contribution >= 4 is 0 Å². The summed E-state index contributed by atoms with van der Waals surface area (Å²) < 4.78 is 25.0. The van der Waals surface area contributed by atoms with Gasteiger partial charge in [0.15, 0.2) is 0 Å². The van der Waals surface area contributed by atoms with Crippen molar-refractivity contribution in [2.45, 2.75) is 39.5 Å². The van der Waals surface area contributed by atoms with Gasteiger partial charge in [-0.25, -0.2) is 8.78 Å². The minimum absolute atomic E-state index is 0.0154. The van der Waals surface area contributed by atoms with Crippen LogP contribution in [0, 0.1) is 5.41 Å². The fraction of sp³-hybridized carbons (Fsp3) is 0.778. The minimum Gasteiger partial charge on any atom is -0.513 e. The average Bonchev–Trinajstić information content (AvgIpc) is 1.85. The Bertz CT molecular complexity index is 157. The molecule has 1 atom stereocenters. The van der Waals surface area contributed by atoms with Crippen LogP contribution in [0.3, 0.4) is 0 Å². The van der Waals surface area contributed by atoms with Crippen LogP contribution in [0.25, 0.3) is 0 Å². The highest BCUT2D eigenvalue weighted by atomic mass is 19.3. The van der Waals surface area contributed by atoms with Gasteiger partial charge in [-0.3, -0.25) is 0 Å². The molecule has 0 aromatic rings. The van der Waals surface area contributed by atoms with Crippen molar-refractivity contribution in [3.05, 3.63) is 12.3 Å². The molecule has 72 valence electrons. The third-order valence-corrected chi connectivity index (χ3v) is 1.96. The number of alkyl halides is 2. The van der Waals surface area contributed by atoms with E-state index in [1.165, 1.54) is 6.92 Å². The van der Waals surface area contributed by atoms with E-state index in [9.17, 15) is 8.78 Å². The molecule has 0 heterocycles. The Hall–Kier alpha value is -0.600. The van der Waals surface area contributed by atoms with Crippen LogP contribution >= 0.6 is 0 Å². The van der Waals surface area contributed by atoms with Gasteiger partial charge in [0.2, 0.25) is 6.43 Å². The average molecular weight is 178 g/mol. The summed E-state index contributed by atoms with van der Waals surface area (Å²) in [6, 6.07) is 0. The van der Waals surface area contributed by atoms with Crippen molar-refractivity contribution in [3.63, 3.8) is 0 Å². The second-order valence-corrected chi connectivity index (χ2v) is 3.45. The first kappa shape index (κ1) is 11.4. The summed E-state index contributed by atoms with van der Waals surface area (Å²) in [5.74, 6) is -0.161. The van der Waals surface area contributed by atoms with Gasteiger partial charge in [0.1, 0.15) is 0 Å². The first-order valence-corrected chi connectivity index (χ1v) is 4.07. The van der Waals surface area contributed by atoms with Gasteiger partial charge in [-0.1, -0.05) is 26.8 Å². The second kappa shape index (κ2) is 4.43. The molecule has 0 saturated carbocycles. The predicted molar refractivity (Wildman–Crippen MR) is 45.4 cm³/mol. The number of aliphatic hydroxyl groups is 1. The zero-order chi connectivity index (χ0) is 9.78. The molecule has 0 aliphatic heterocycles. The molecule has 3 heteroatoms. The molecule has 0 rings (SSSR count). The Morgan fingerprint density at radius 3 is 2.33 bits per heavy atom. The number of rotatable bonds is 5. The molecule has 0 aliphatic carbocycles. The summed E-state index contributed by atoms with van der Waals surface area (Å²) in [6.45, 7) is 6.55. The van der Waals surface area contributed by atoms with E-state index in [4.69, 9.17) is 5.11 Å². The number of aliphatic hydroxyl groups excluding tert-OH is 1. The lowest BCUT2D eigenvalue weighted by atomic mass is 9.82. The summed E-state index contributed by atoms with van der Waals surface area (Å²) >= 11 is 0. The smallest absolute Gasteiger partial charge is 0.244 e. The quantitative estimate of drug-likeness (QED) is 0.638. The molecule has 0 fully saturated rings. The first-order chi connectivity index (χ1) is 5.42. The van der Waals surface area contributed by atoms with E-state index >= 15 is 0 Å². The molecule has 1 nitrogen and oxygen atoms in total. The molecule has 0 radical (unpaired) electrons. The molecule has 0 saturated heterocycles. The van der Waals surface area contributed by atoms with E-state index in [1.807, 2.05) is 6.92 Å². The van der Waals surface area contributed by atoms with Gasteiger partial charge in [-0.05, 0) is 6.42 Å². The van der Waals surface area contributed by atoms with E-state index in [0.29, 0.717) is 12.8 Å². The zero-order valence-electron chi connectivity index (χ0n) is 7.61. The van der Waals surface area contributed by atoms with Crippen LogP contribution in [0.15, 0.2) is 12.3 Å². The summed E-state index contributed by atoms with van der Waals surface area (Å²) in [6.07, 6.45) is -1.32. The minimum atomic E-state index is -2.40. The third-order valence-electron chi connectivity index (χ3n) is 1.96. The fourth-order valence-corrected chi connectivity index (χ4v) is 1.31. The highest BCUT2D eigenvalue weighted by molar-refractivity contribution is 4.90. The van der Waals surface area contributed by atoms with Crippen molar-refractivity contribution in [2.24, 2.45) is 5.41 Å². The molecule has 0 spiro atoms. The lowest BCUT2D eigenvalue weighted by Gasteiger charge is -2.27. The van der Waals surface area contributed by atoms with Crippen LogP contribution in [0.4, 0.5) is 8.78 Å². The van der Waals surface area contributed by atoms with Gasteiger partial charge < -0.3 is 5.11 Å². The van der Waals surface area contributed by atoms with Gasteiger partial charge in [-0.2, -0.15) is 0 Å². The molecule has 1 unspecified atom stereocenters. The highest BCUT2D eigenvalue weighted by Crippen LogP contribution is 2.36. The largest absolute Gasteiger partial charge is 0.513 e. The van der Waals surface area contributed by atoms with E-state index in [0.717, 1.165) is 0 Å². The first-order valence-electron chi connectivity index (χ1n) is 4.07. The topological polar surface area (TPSA) is 20.2 Å². The molecular formula is C9H16F2O. The maximum atomic E-state index is 12.5. The molecule has 12 heavy (non-hydrogen) atoms. The normalized spacial score (nSPS) is 16.1. The molecule has 0 bridgehead atoms. The van der Waals surface area contributed by atoms with E-state index in [-0.39, 0.29) is 12.2 Å². The van der Waals surface area contributed by atoms with Crippen LogP contribution in [-0.4, -0.2) is 11.5 Å². The van der Waals surface area contributed by atoms with Crippen molar-refractivity contribution in [2.75, 3.05) is 0 Å². The van der Waals surface area contributed by atoms with Crippen molar-refractivity contribution in [1.82, 2.24) is 0 Å². The van der Waals surface area contributed by atoms with E-state index in [1.54, 1.807) is 0 Å². The maximum Gasteiger partial charge on any atom is 0.244 e. The molecule has 0 aliphatic rings. The Kier molecular flexibility index (Phi) is 4.21.